The lowest BCUT2D eigenvalue weighted by Crippen LogP contribution is -1.96. The summed E-state index contributed by atoms with van der Waals surface area (Å²) in [6.45, 7) is 0. The molecule has 82 valence electrons. The first-order chi connectivity index (χ1) is 8.28. The minimum absolute atomic E-state index is 0.173. The third-order valence-corrected chi connectivity index (χ3v) is 3.25. The number of H-pyrrole nitrogens is 1. The predicted octanol–water partition coefficient (Wildman–Crippen LogP) is 1.54. The molecule has 17 heavy (non-hydrogen) atoms. The molecule has 0 saturated carbocycles. The Morgan fingerprint density at radius 3 is 3.00 bits per heavy atom. The number of aromatic nitrogens is 4. The highest BCUT2D eigenvalue weighted by molar-refractivity contribution is 7.16. The number of aromatic amines is 1. The van der Waals surface area contributed by atoms with Crippen LogP contribution in [0.1, 0.15) is 4.88 Å². The fraction of sp³-hybridized carbons (Fsp3) is 0. The second-order valence-electron chi connectivity index (χ2n) is 3.31. The lowest BCUT2D eigenvalue weighted by molar-refractivity contribution is 1.22. The van der Waals surface area contributed by atoms with Gasteiger partial charge < -0.3 is 10.7 Å². The number of hydrogen-bond acceptors (Lipinski definition) is 6. The highest BCUT2D eigenvalue weighted by atomic mass is 32.1. The van der Waals surface area contributed by atoms with Crippen LogP contribution in [0.2, 0.25) is 0 Å². The summed E-state index contributed by atoms with van der Waals surface area (Å²) in [5.41, 5.74) is 7.56. The molecule has 0 aliphatic heterocycles. The molecule has 3 heterocycles. The van der Waals surface area contributed by atoms with Crippen LogP contribution in [-0.2, 0) is 0 Å². The molecule has 0 aromatic carbocycles. The summed E-state index contributed by atoms with van der Waals surface area (Å²) in [4.78, 5) is 16.7. The van der Waals surface area contributed by atoms with Gasteiger partial charge in [0.2, 0.25) is 5.95 Å². The van der Waals surface area contributed by atoms with Crippen LogP contribution in [0.4, 0.5) is 5.95 Å². The van der Waals surface area contributed by atoms with Gasteiger partial charge in [-0.05, 0) is 12.1 Å². The van der Waals surface area contributed by atoms with Gasteiger partial charge in [-0.3, -0.25) is 0 Å². The summed E-state index contributed by atoms with van der Waals surface area (Å²) >= 11 is 1.36. The number of anilines is 1. The van der Waals surface area contributed by atoms with Gasteiger partial charge in [-0.15, -0.1) is 11.3 Å². The monoisotopic (exact) mass is 242 g/mol. The Bertz CT molecular complexity index is 735. The SMILES string of the molecule is N#Cc1ccc(-c2nc(N)nc3nc[nH]c23)s1. The standard InChI is InChI=1S/C10H6N6S/c11-3-5-1-2-6(17-5)7-8-9(14-4-13-8)16-10(12)15-7/h1-2,4H,(H3,12,13,14,15,16). The number of rotatable bonds is 1. The van der Waals surface area contributed by atoms with Crippen molar-refractivity contribution in [1.29, 1.82) is 5.26 Å². The zero-order chi connectivity index (χ0) is 11.8. The Labute approximate surface area is 99.8 Å². The van der Waals surface area contributed by atoms with Crippen LogP contribution in [0.3, 0.4) is 0 Å². The van der Waals surface area contributed by atoms with Gasteiger partial charge in [0, 0.05) is 0 Å². The number of hydrogen-bond donors (Lipinski definition) is 2. The summed E-state index contributed by atoms with van der Waals surface area (Å²) in [6, 6.07) is 5.68. The van der Waals surface area contributed by atoms with Crippen LogP contribution < -0.4 is 5.73 Å². The average Bonchev–Trinajstić information content (AvgIpc) is 2.95. The molecule has 6 nitrogen and oxygen atoms in total. The summed E-state index contributed by atoms with van der Waals surface area (Å²) in [6.07, 6.45) is 1.54. The van der Waals surface area contributed by atoms with E-state index >= 15 is 0 Å². The molecule has 0 amide bonds. The molecular formula is C10H6N6S. The van der Waals surface area contributed by atoms with E-state index in [9.17, 15) is 0 Å². The van der Waals surface area contributed by atoms with Crippen LogP contribution in [0.5, 0.6) is 0 Å². The Morgan fingerprint density at radius 1 is 1.35 bits per heavy atom. The van der Waals surface area contributed by atoms with Crippen LogP contribution in [-0.4, -0.2) is 19.9 Å². The van der Waals surface area contributed by atoms with Crippen molar-refractivity contribution < 1.29 is 0 Å². The lowest BCUT2D eigenvalue weighted by Gasteiger charge is -1.99. The summed E-state index contributed by atoms with van der Waals surface area (Å²) in [5.74, 6) is 0.173. The van der Waals surface area contributed by atoms with Crippen LogP contribution in [0, 0.1) is 11.3 Å². The number of nitrogens with two attached hydrogens (primary N) is 1. The molecule has 0 radical (unpaired) electrons. The molecule has 0 atom stereocenters. The molecule has 3 aromatic rings. The highest BCUT2D eigenvalue weighted by Gasteiger charge is 2.12. The van der Waals surface area contributed by atoms with Gasteiger partial charge in [0.25, 0.3) is 0 Å². The Kier molecular flexibility index (Phi) is 2.03. The summed E-state index contributed by atoms with van der Waals surface area (Å²) in [7, 11) is 0. The van der Waals surface area contributed by atoms with Crippen molar-refractivity contribution in [3.63, 3.8) is 0 Å². The van der Waals surface area contributed by atoms with Crippen LogP contribution >= 0.6 is 11.3 Å². The number of thiophene rings is 1. The Morgan fingerprint density at radius 2 is 2.24 bits per heavy atom. The van der Waals surface area contributed by atoms with Crippen molar-refractivity contribution in [2.45, 2.75) is 0 Å². The first-order valence-electron chi connectivity index (χ1n) is 4.75. The molecule has 3 aromatic heterocycles. The molecule has 0 saturated heterocycles. The van der Waals surface area contributed by atoms with Crippen molar-refractivity contribution in [3.8, 4) is 16.6 Å². The topological polar surface area (TPSA) is 104 Å². The quantitative estimate of drug-likeness (QED) is 0.673. The Balaban J connectivity index is 2.29. The minimum atomic E-state index is 0.173. The molecule has 3 N–H and O–H groups in total. The molecule has 0 unspecified atom stereocenters. The maximum Gasteiger partial charge on any atom is 0.222 e. The normalized spacial score (nSPS) is 10.5. The van der Waals surface area contributed by atoms with Gasteiger partial charge in [0.05, 0.1) is 11.2 Å². The molecular weight excluding hydrogens is 236 g/mol. The van der Waals surface area contributed by atoms with E-state index < -0.39 is 0 Å². The maximum absolute atomic E-state index is 8.81. The molecule has 0 spiro atoms. The molecule has 7 heteroatoms. The first-order valence-corrected chi connectivity index (χ1v) is 5.56. The molecule has 0 aliphatic rings. The van der Waals surface area contributed by atoms with Crippen molar-refractivity contribution in [1.82, 2.24) is 19.9 Å². The van der Waals surface area contributed by atoms with Crippen LogP contribution in [0.15, 0.2) is 18.5 Å². The van der Waals surface area contributed by atoms with Crippen molar-refractivity contribution in [2.24, 2.45) is 0 Å². The van der Waals surface area contributed by atoms with E-state index in [4.69, 9.17) is 11.0 Å². The molecule has 0 fully saturated rings. The van der Waals surface area contributed by atoms with Crippen molar-refractivity contribution >= 4 is 28.4 Å². The lowest BCUT2D eigenvalue weighted by atomic mass is 10.3. The Hall–Kier alpha value is -2.46. The van der Waals surface area contributed by atoms with E-state index in [1.54, 1.807) is 12.4 Å². The highest BCUT2D eigenvalue weighted by Crippen LogP contribution is 2.30. The smallest absolute Gasteiger partial charge is 0.222 e. The number of imidazole rings is 1. The van der Waals surface area contributed by atoms with E-state index in [0.717, 1.165) is 10.4 Å². The summed E-state index contributed by atoms with van der Waals surface area (Å²) in [5, 5.41) is 8.81. The maximum atomic E-state index is 8.81. The predicted molar refractivity (Wildman–Crippen MR) is 64.1 cm³/mol. The van der Waals surface area contributed by atoms with E-state index in [1.807, 2.05) is 6.07 Å². The number of nitrogen functional groups attached to an aromatic ring is 1. The zero-order valence-electron chi connectivity index (χ0n) is 8.51. The van der Waals surface area contributed by atoms with E-state index in [1.165, 1.54) is 11.3 Å². The molecule has 3 rings (SSSR count). The van der Waals surface area contributed by atoms with Crippen LogP contribution in [0.25, 0.3) is 21.7 Å². The number of nitrogens with one attached hydrogen (secondary N) is 1. The number of nitriles is 1. The fourth-order valence-electron chi connectivity index (χ4n) is 1.55. The second-order valence-corrected chi connectivity index (χ2v) is 4.39. The van der Waals surface area contributed by atoms with Gasteiger partial charge in [-0.25, -0.2) is 9.97 Å². The first kappa shape index (κ1) is 9.74. The molecule has 0 aliphatic carbocycles. The summed E-state index contributed by atoms with van der Waals surface area (Å²) < 4.78 is 0. The number of nitrogens with zero attached hydrogens (tertiary/aromatic N) is 4. The fourth-order valence-corrected chi connectivity index (χ4v) is 2.35. The van der Waals surface area contributed by atoms with E-state index in [0.29, 0.717) is 16.2 Å². The van der Waals surface area contributed by atoms with Gasteiger partial charge in [0.15, 0.2) is 5.65 Å². The van der Waals surface area contributed by atoms with Crippen molar-refractivity contribution in [3.05, 3.63) is 23.3 Å². The van der Waals surface area contributed by atoms with Gasteiger partial charge >= 0.3 is 0 Å². The zero-order valence-corrected chi connectivity index (χ0v) is 9.32. The third kappa shape index (κ3) is 1.51. The van der Waals surface area contributed by atoms with Gasteiger partial charge in [-0.1, -0.05) is 0 Å². The van der Waals surface area contributed by atoms with Gasteiger partial charge in [-0.2, -0.15) is 10.2 Å². The average molecular weight is 242 g/mol. The largest absolute Gasteiger partial charge is 0.368 e. The minimum Gasteiger partial charge on any atom is -0.368 e. The number of fused-ring (bicyclic) bond motifs is 1. The van der Waals surface area contributed by atoms with E-state index in [2.05, 4.69) is 26.0 Å². The third-order valence-electron chi connectivity index (χ3n) is 2.25. The second kappa shape index (κ2) is 3.54. The van der Waals surface area contributed by atoms with Crippen molar-refractivity contribution in [2.75, 3.05) is 5.73 Å². The molecule has 0 bridgehead atoms. The van der Waals surface area contributed by atoms with Gasteiger partial charge in [0.1, 0.15) is 22.2 Å². The van der Waals surface area contributed by atoms with E-state index in [-0.39, 0.29) is 5.95 Å².